The molecule has 1 aliphatic rings. The van der Waals surface area contributed by atoms with Crippen LogP contribution in [0.2, 0.25) is 0 Å². The van der Waals surface area contributed by atoms with Crippen LogP contribution in [0.25, 0.3) is 10.6 Å². The second kappa shape index (κ2) is 8.47. The molecule has 1 aliphatic carbocycles. The Bertz CT molecular complexity index is 993. The first-order valence-corrected chi connectivity index (χ1v) is 11.3. The number of thiophene rings is 1. The minimum absolute atomic E-state index is 0.00459. The van der Waals surface area contributed by atoms with Gasteiger partial charge in [0.25, 0.3) is 5.91 Å². The van der Waals surface area contributed by atoms with Gasteiger partial charge in [-0.2, -0.15) is 11.3 Å². The maximum atomic E-state index is 12.4. The van der Waals surface area contributed by atoms with E-state index in [0.717, 1.165) is 29.8 Å². The number of aromatic nitrogens is 1. The Morgan fingerprint density at radius 1 is 1.21 bits per heavy atom. The molecule has 2 heterocycles. The Labute approximate surface area is 177 Å². The zero-order chi connectivity index (χ0) is 20.3. The van der Waals surface area contributed by atoms with Crippen LogP contribution in [0.15, 0.2) is 47.2 Å². The fourth-order valence-electron chi connectivity index (χ4n) is 3.57. The molecule has 4 rings (SSSR count). The van der Waals surface area contributed by atoms with E-state index >= 15 is 0 Å². The molecule has 0 bridgehead atoms. The second-order valence-corrected chi connectivity index (χ2v) is 9.08. The number of hydrogen-bond acceptors (Lipinski definition) is 6. The maximum Gasteiger partial charge on any atom is 0.350 e. The molecule has 150 valence electrons. The van der Waals surface area contributed by atoms with E-state index < -0.39 is 5.97 Å². The molecule has 1 fully saturated rings. The molecular formula is C22H22N2O3S2. The van der Waals surface area contributed by atoms with Gasteiger partial charge >= 0.3 is 5.97 Å². The first-order chi connectivity index (χ1) is 14.1. The number of hydrogen-bond donors (Lipinski definition) is 1. The monoisotopic (exact) mass is 426 g/mol. The summed E-state index contributed by atoms with van der Waals surface area (Å²) < 4.78 is 5.25. The highest BCUT2D eigenvalue weighted by Gasteiger charge is 2.38. The van der Waals surface area contributed by atoms with Crippen molar-refractivity contribution in [3.05, 3.63) is 63.3 Å². The highest BCUT2D eigenvalue weighted by atomic mass is 32.1. The van der Waals surface area contributed by atoms with Gasteiger partial charge in [0.05, 0.1) is 5.69 Å². The standard InChI is InChI=1S/C22H22N2O3S2/c1-15-19(29-20(24-15)16-8-11-28-13-16)21(26)27-12-18(25)23-14-22(9-5-10-22)17-6-3-2-4-7-17/h2-4,6-8,11,13H,5,9-10,12,14H2,1H3,(H,23,25). The van der Waals surface area contributed by atoms with Gasteiger partial charge in [0.1, 0.15) is 9.88 Å². The van der Waals surface area contributed by atoms with E-state index in [1.807, 2.05) is 35.0 Å². The Morgan fingerprint density at radius 2 is 2.00 bits per heavy atom. The van der Waals surface area contributed by atoms with E-state index in [4.69, 9.17) is 4.74 Å². The molecule has 7 heteroatoms. The van der Waals surface area contributed by atoms with E-state index in [-0.39, 0.29) is 17.9 Å². The highest BCUT2D eigenvalue weighted by Crippen LogP contribution is 2.43. The van der Waals surface area contributed by atoms with Crippen molar-refractivity contribution in [1.82, 2.24) is 10.3 Å². The molecule has 0 spiro atoms. The first-order valence-electron chi connectivity index (χ1n) is 9.57. The summed E-state index contributed by atoms with van der Waals surface area (Å²) in [5.74, 6) is -0.779. The topological polar surface area (TPSA) is 68.3 Å². The van der Waals surface area contributed by atoms with Crippen LogP contribution >= 0.6 is 22.7 Å². The lowest BCUT2D eigenvalue weighted by Crippen LogP contribution is -2.46. The molecule has 2 aromatic heterocycles. The van der Waals surface area contributed by atoms with E-state index in [2.05, 4.69) is 22.4 Å². The fourth-order valence-corrected chi connectivity index (χ4v) is 5.25. The van der Waals surface area contributed by atoms with Gasteiger partial charge in [-0.05, 0) is 36.8 Å². The number of thiazole rings is 1. The lowest BCUT2D eigenvalue weighted by molar-refractivity contribution is -0.124. The average Bonchev–Trinajstić information content (AvgIpc) is 3.36. The first kappa shape index (κ1) is 19.8. The molecule has 5 nitrogen and oxygen atoms in total. The van der Waals surface area contributed by atoms with Crippen LogP contribution in [0.3, 0.4) is 0 Å². The van der Waals surface area contributed by atoms with Gasteiger partial charge in [-0.15, -0.1) is 11.3 Å². The molecule has 0 aliphatic heterocycles. The summed E-state index contributed by atoms with van der Waals surface area (Å²) in [4.78, 5) is 29.6. The maximum absolute atomic E-state index is 12.4. The van der Waals surface area contributed by atoms with Gasteiger partial charge < -0.3 is 10.1 Å². The SMILES string of the molecule is Cc1nc(-c2ccsc2)sc1C(=O)OCC(=O)NCC1(c2ccccc2)CCC1. The highest BCUT2D eigenvalue weighted by molar-refractivity contribution is 7.17. The molecule has 29 heavy (non-hydrogen) atoms. The van der Waals surface area contributed by atoms with Crippen molar-refractivity contribution in [2.24, 2.45) is 0 Å². The fraction of sp³-hybridized carbons (Fsp3) is 0.318. The third-order valence-electron chi connectivity index (χ3n) is 5.41. The molecule has 0 radical (unpaired) electrons. The third kappa shape index (κ3) is 4.26. The normalized spacial score (nSPS) is 14.8. The molecule has 1 saturated carbocycles. The van der Waals surface area contributed by atoms with Crippen molar-refractivity contribution in [3.8, 4) is 10.6 Å². The van der Waals surface area contributed by atoms with Crippen LogP contribution in [0.5, 0.6) is 0 Å². The van der Waals surface area contributed by atoms with Crippen LogP contribution < -0.4 is 5.32 Å². The second-order valence-electron chi connectivity index (χ2n) is 7.30. The molecule has 3 aromatic rings. The quantitative estimate of drug-likeness (QED) is 0.562. The molecular weight excluding hydrogens is 404 g/mol. The van der Waals surface area contributed by atoms with Gasteiger partial charge in [-0.25, -0.2) is 9.78 Å². The predicted molar refractivity (Wildman–Crippen MR) is 115 cm³/mol. The van der Waals surface area contributed by atoms with E-state index in [9.17, 15) is 9.59 Å². The summed E-state index contributed by atoms with van der Waals surface area (Å²) in [5.41, 5.74) is 2.88. The van der Waals surface area contributed by atoms with Crippen LogP contribution in [0.4, 0.5) is 0 Å². The Kier molecular flexibility index (Phi) is 5.78. The Balaban J connectivity index is 1.31. The van der Waals surface area contributed by atoms with Gasteiger partial charge in [-0.3, -0.25) is 4.79 Å². The summed E-state index contributed by atoms with van der Waals surface area (Å²) in [7, 11) is 0. The van der Waals surface area contributed by atoms with Crippen molar-refractivity contribution in [1.29, 1.82) is 0 Å². The number of rotatable bonds is 7. The molecule has 1 aromatic carbocycles. The number of aryl methyl sites for hydroxylation is 1. The van der Waals surface area contributed by atoms with Crippen LogP contribution in [0.1, 0.15) is 40.2 Å². The molecule has 0 saturated heterocycles. The minimum Gasteiger partial charge on any atom is -0.451 e. The largest absolute Gasteiger partial charge is 0.451 e. The molecule has 0 atom stereocenters. The van der Waals surface area contributed by atoms with Crippen LogP contribution in [-0.4, -0.2) is 30.0 Å². The number of benzene rings is 1. The minimum atomic E-state index is -0.502. The number of nitrogens with one attached hydrogen (secondary N) is 1. The van der Waals surface area contributed by atoms with Crippen molar-refractivity contribution in [3.63, 3.8) is 0 Å². The van der Waals surface area contributed by atoms with Crippen molar-refractivity contribution in [2.45, 2.75) is 31.6 Å². The number of carbonyl (C=O) groups is 2. The molecule has 1 amide bonds. The van der Waals surface area contributed by atoms with E-state index in [0.29, 0.717) is 17.1 Å². The van der Waals surface area contributed by atoms with Crippen molar-refractivity contribution in [2.75, 3.05) is 13.2 Å². The van der Waals surface area contributed by atoms with Crippen LogP contribution in [0, 0.1) is 6.92 Å². The zero-order valence-electron chi connectivity index (χ0n) is 16.1. The number of carbonyl (C=O) groups excluding carboxylic acids is 2. The lowest BCUT2D eigenvalue weighted by Gasteiger charge is -2.42. The van der Waals surface area contributed by atoms with E-state index in [1.165, 1.54) is 16.9 Å². The summed E-state index contributed by atoms with van der Waals surface area (Å²) in [6.07, 6.45) is 3.28. The Morgan fingerprint density at radius 3 is 2.66 bits per heavy atom. The summed E-state index contributed by atoms with van der Waals surface area (Å²) in [5, 5.41) is 7.69. The molecule has 1 N–H and O–H groups in total. The summed E-state index contributed by atoms with van der Waals surface area (Å²) in [6.45, 7) is 2.06. The van der Waals surface area contributed by atoms with Gasteiger partial charge in [0.2, 0.25) is 0 Å². The van der Waals surface area contributed by atoms with E-state index in [1.54, 1.807) is 18.3 Å². The number of ether oxygens (including phenoxy) is 1. The molecule has 0 unspecified atom stereocenters. The van der Waals surface area contributed by atoms with Gasteiger partial charge in [0, 0.05) is 22.9 Å². The average molecular weight is 427 g/mol. The van der Waals surface area contributed by atoms with Crippen molar-refractivity contribution < 1.29 is 14.3 Å². The third-order valence-corrected chi connectivity index (χ3v) is 7.28. The summed E-state index contributed by atoms with van der Waals surface area (Å²) in [6, 6.07) is 12.3. The number of amides is 1. The predicted octanol–water partition coefficient (Wildman–Crippen LogP) is 4.57. The number of nitrogens with zero attached hydrogens (tertiary/aromatic N) is 1. The number of esters is 1. The smallest absolute Gasteiger partial charge is 0.350 e. The summed E-state index contributed by atoms with van der Waals surface area (Å²) >= 11 is 2.88. The van der Waals surface area contributed by atoms with Gasteiger partial charge in [-0.1, -0.05) is 36.8 Å². The zero-order valence-corrected chi connectivity index (χ0v) is 17.8. The van der Waals surface area contributed by atoms with Gasteiger partial charge in [0.15, 0.2) is 6.61 Å². The lowest BCUT2D eigenvalue weighted by atomic mass is 9.64. The Hall–Kier alpha value is -2.51. The van der Waals surface area contributed by atoms with Crippen molar-refractivity contribution >= 4 is 34.6 Å². The van der Waals surface area contributed by atoms with Crippen LogP contribution in [-0.2, 0) is 14.9 Å².